The van der Waals surface area contributed by atoms with Gasteiger partial charge in [-0.25, -0.2) is 4.79 Å². The first-order valence-electron chi connectivity index (χ1n) is 5.07. The highest BCUT2D eigenvalue weighted by molar-refractivity contribution is 6.03. The van der Waals surface area contributed by atoms with E-state index in [-0.39, 0.29) is 23.4 Å². The normalized spacial score (nSPS) is 21.9. The van der Waals surface area contributed by atoms with E-state index in [1.165, 1.54) is 19.1 Å². The first kappa shape index (κ1) is 12.0. The predicted molar refractivity (Wildman–Crippen MR) is 58.7 cm³/mol. The molecular weight excluding hydrogens is 242 g/mol. The summed E-state index contributed by atoms with van der Waals surface area (Å²) < 4.78 is 5.24. The fourth-order valence-corrected chi connectivity index (χ4v) is 1.74. The van der Waals surface area contributed by atoms with Crippen LogP contribution in [0.3, 0.4) is 0 Å². The number of benzene rings is 1. The Morgan fingerprint density at radius 2 is 2.22 bits per heavy atom. The number of ether oxygens (including phenoxy) is 1. The lowest BCUT2D eigenvalue weighted by Gasteiger charge is -2.30. The summed E-state index contributed by atoms with van der Waals surface area (Å²) in [7, 11) is 0. The van der Waals surface area contributed by atoms with Crippen LogP contribution in [0.15, 0.2) is 18.2 Å². The van der Waals surface area contributed by atoms with Crippen LogP contribution in [0.2, 0.25) is 0 Å². The zero-order valence-electron chi connectivity index (χ0n) is 9.37. The number of carboxylic acid groups (broad SMARTS) is 1. The van der Waals surface area contributed by atoms with Crippen LogP contribution in [0.1, 0.15) is 23.7 Å². The average molecular weight is 251 g/mol. The van der Waals surface area contributed by atoms with E-state index in [0.29, 0.717) is 0 Å². The van der Waals surface area contributed by atoms with E-state index in [2.05, 4.69) is 0 Å². The summed E-state index contributed by atoms with van der Waals surface area (Å²) in [6.07, 6.45) is -0.351. The molecule has 1 aromatic rings. The Morgan fingerprint density at radius 1 is 1.56 bits per heavy atom. The minimum Gasteiger partial charge on any atom is -0.478 e. The van der Waals surface area contributed by atoms with Crippen LogP contribution in [0.25, 0.3) is 0 Å². The average Bonchev–Trinajstić information content (AvgIpc) is 2.28. The molecule has 0 spiro atoms. The summed E-state index contributed by atoms with van der Waals surface area (Å²) in [6.45, 7) is 1.29. The van der Waals surface area contributed by atoms with Gasteiger partial charge >= 0.3 is 5.97 Å². The largest absolute Gasteiger partial charge is 0.478 e. The Balaban J connectivity index is 2.48. The number of non-ortho nitro benzene ring substituents is 1. The Kier molecular flexibility index (Phi) is 2.54. The Bertz CT molecular complexity index is 567. The second kappa shape index (κ2) is 3.80. The fraction of sp³-hybridized carbons (Fsp3) is 0.273. The minimum atomic E-state index is -1.62. The van der Waals surface area contributed by atoms with Crippen molar-refractivity contribution in [3.05, 3.63) is 33.9 Å². The lowest BCUT2D eigenvalue weighted by molar-refractivity contribution is -0.384. The summed E-state index contributed by atoms with van der Waals surface area (Å²) in [4.78, 5) is 32.8. The number of rotatable bonds is 2. The molecule has 0 bridgehead atoms. The maximum Gasteiger partial charge on any atom is 0.348 e. The maximum atomic E-state index is 11.8. The molecule has 0 fully saturated rings. The van der Waals surface area contributed by atoms with Gasteiger partial charge in [-0.1, -0.05) is 0 Å². The van der Waals surface area contributed by atoms with Crippen LogP contribution < -0.4 is 4.74 Å². The van der Waals surface area contributed by atoms with Crippen LogP contribution in [-0.2, 0) is 4.79 Å². The van der Waals surface area contributed by atoms with Crippen molar-refractivity contribution in [3.8, 4) is 5.75 Å². The number of carbonyl (C=O) groups excluding carboxylic acids is 1. The fourth-order valence-electron chi connectivity index (χ4n) is 1.74. The molecule has 1 N–H and O–H groups in total. The molecule has 2 rings (SSSR count). The summed E-state index contributed by atoms with van der Waals surface area (Å²) in [6, 6.07) is 3.50. The molecule has 1 aliphatic rings. The van der Waals surface area contributed by atoms with Crippen molar-refractivity contribution in [2.75, 3.05) is 0 Å². The summed E-state index contributed by atoms with van der Waals surface area (Å²) in [5.74, 6) is -1.67. The lowest BCUT2D eigenvalue weighted by atomic mass is 9.91. The molecule has 1 heterocycles. The van der Waals surface area contributed by atoms with E-state index in [1.54, 1.807) is 0 Å². The van der Waals surface area contributed by atoms with E-state index in [0.717, 1.165) is 6.07 Å². The third kappa shape index (κ3) is 1.79. The lowest BCUT2D eigenvalue weighted by Crippen LogP contribution is -2.46. The van der Waals surface area contributed by atoms with E-state index in [1.807, 2.05) is 0 Å². The first-order chi connectivity index (χ1) is 8.33. The van der Waals surface area contributed by atoms with Gasteiger partial charge in [0.05, 0.1) is 16.9 Å². The number of hydrogen-bond donors (Lipinski definition) is 1. The molecule has 0 amide bonds. The third-order valence-corrected chi connectivity index (χ3v) is 2.76. The van der Waals surface area contributed by atoms with Gasteiger partial charge in [-0.2, -0.15) is 0 Å². The summed E-state index contributed by atoms with van der Waals surface area (Å²) in [5, 5.41) is 19.6. The van der Waals surface area contributed by atoms with Gasteiger partial charge in [0.2, 0.25) is 5.60 Å². The number of nitrogens with zero attached hydrogens (tertiary/aromatic N) is 1. The van der Waals surface area contributed by atoms with Crippen molar-refractivity contribution in [1.29, 1.82) is 0 Å². The number of aliphatic carboxylic acids is 1. The molecular formula is C11H9NO6. The van der Waals surface area contributed by atoms with E-state index >= 15 is 0 Å². The van der Waals surface area contributed by atoms with Gasteiger partial charge in [-0.05, 0) is 13.0 Å². The second-order valence-corrected chi connectivity index (χ2v) is 4.18. The highest BCUT2D eigenvalue weighted by Gasteiger charge is 2.43. The van der Waals surface area contributed by atoms with Crippen molar-refractivity contribution >= 4 is 17.4 Å². The number of carboxylic acids is 1. The van der Waals surface area contributed by atoms with Crippen LogP contribution in [-0.4, -0.2) is 27.4 Å². The minimum absolute atomic E-state index is 0.0444. The number of hydrogen-bond acceptors (Lipinski definition) is 5. The van der Waals surface area contributed by atoms with E-state index in [9.17, 15) is 19.7 Å². The summed E-state index contributed by atoms with van der Waals surface area (Å²) in [5.41, 5.74) is -1.81. The number of Topliss-reactive ketones (excluding diaryl/α,β-unsaturated/α-hetero) is 1. The van der Waals surface area contributed by atoms with Crippen molar-refractivity contribution in [1.82, 2.24) is 0 Å². The number of ketones is 1. The Labute approximate surface area is 101 Å². The molecule has 1 aliphatic heterocycles. The number of carbonyl (C=O) groups is 2. The quantitative estimate of drug-likeness (QED) is 0.628. The van der Waals surface area contributed by atoms with Gasteiger partial charge in [-0.3, -0.25) is 14.9 Å². The number of fused-ring (bicyclic) bond motifs is 1. The smallest absolute Gasteiger partial charge is 0.348 e. The molecule has 0 saturated carbocycles. The van der Waals surface area contributed by atoms with E-state index < -0.39 is 22.3 Å². The predicted octanol–water partition coefficient (Wildman–Crippen LogP) is 1.40. The molecule has 94 valence electrons. The van der Waals surface area contributed by atoms with Crippen LogP contribution in [0, 0.1) is 10.1 Å². The van der Waals surface area contributed by atoms with Gasteiger partial charge in [0.1, 0.15) is 5.75 Å². The molecule has 1 aromatic carbocycles. The van der Waals surface area contributed by atoms with Crippen LogP contribution >= 0.6 is 0 Å². The Morgan fingerprint density at radius 3 is 2.78 bits per heavy atom. The molecule has 0 aromatic heterocycles. The Hall–Kier alpha value is -2.44. The van der Waals surface area contributed by atoms with Crippen molar-refractivity contribution < 1.29 is 24.4 Å². The first-order valence-corrected chi connectivity index (χ1v) is 5.07. The topological polar surface area (TPSA) is 107 Å². The molecule has 7 nitrogen and oxygen atoms in total. The standard InChI is InChI=1S/C11H9NO6/c1-11(10(14)15)5-8(13)7-4-6(12(16)17)2-3-9(7)18-11/h2-4H,5H2,1H3,(H,14,15). The van der Waals surface area contributed by atoms with Crippen molar-refractivity contribution in [2.45, 2.75) is 18.9 Å². The van der Waals surface area contributed by atoms with E-state index in [4.69, 9.17) is 9.84 Å². The molecule has 0 aliphatic carbocycles. The van der Waals surface area contributed by atoms with Gasteiger partial charge in [-0.15, -0.1) is 0 Å². The SMILES string of the molecule is CC1(C(=O)O)CC(=O)c2cc([N+](=O)[O-])ccc2O1. The maximum absolute atomic E-state index is 11.8. The highest BCUT2D eigenvalue weighted by Crippen LogP contribution is 2.35. The van der Waals surface area contributed by atoms with Gasteiger partial charge in [0, 0.05) is 12.1 Å². The second-order valence-electron chi connectivity index (χ2n) is 4.18. The molecule has 1 atom stereocenters. The van der Waals surface area contributed by atoms with Gasteiger partial charge < -0.3 is 9.84 Å². The molecule has 1 unspecified atom stereocenters. The van der Waals surface area contributed by atoms with Crippen molar-refractivity contribution in [2.24, 2.45) is 0 Å². The molecule has 7 heteroatoms. The van der Waals surface area contributed by atoms with Gasteiger partial charge in [0.25, 0.3) is 5.69 Å². The molecule has 0 radical (unpaired) electrons. The number of nitro benzene ring substituents is 1. The van der Waals surface area contributed by atoms with Crippen molar-refractivity contribution in [3.63, 3.8) is 0 Å². The summed E-state index contributed by atoms with van der Waals surface area (Å²) >= 11 is 0. The number of nitro groups is 1. The zero-order valence-corrected chi connectivity index (χ0v) is 9.37. The third-order valence-electron chi connectivity index (χ3n) is 2.76. The van der Waals surface area contributed by atoms with Crippen LogP contribution in [0.5, 0.6) is 5.75 Å². The van der Waals surface area contributed by atoms with Crippen LogP contribution in [0.4, 0.5) is 5.69 Å². The molecule has 0 saturated heterocycles. The molecule has 18 heavy (non-hydrogen) atoms. The highest BCUT2D eigenvalue weighted by atomic mass is 16.6. The van der Waals surface area contributed by atoms with Gasteiger partial charge in [0.15, 0.2) is 5.78 Å². The zero-order chi connectivity index (χ0) is 13.5. The monoisotopic (exact) mass is 251 g/mol.